The van der Waals surface area contributed by atoms with Crippen LogP contribution in [0.5, 0.6) is 0 Å². The number of aliphatic hydroxyl groups is 1. The van der Waals surface area contributed by atoms with Crippen molar-refractivity contribution >= 4 is 11.8 Å². The molecule has 25 heavy (non-hydrogen) atoms. The highest BCUT2D eigenvalue weighted by Gasteiger charge is 2.20. The average Bonchev–Trinajstić information content (AvgIpc) is 2.78. The number of ether oxygens (including phenoxy) is 1. The van der Waals surface area contributed by atoms with Crippen molar-refractivity contribution in [1.82, 2.24) is 0 Å². The summed E-state index contributed by atoms with van der Waals surface area (Å²) in [7, 11) is 0. The second kappa shape index (κ2) is 11.0. The Labute approximate surface area is 150 Å². The summed E-state index contributed by atoms with van der Waals surface area (Å²) in [5.41, 5.74) is 1.16. The first-order valence-electron chi connectivity index (χ1n) is 9.64. The molecule has 1 fully saturated rings. The van der Waals surface area contributed by atoms with Gasteiger partial charge in [0, 0.05) is 18.1 Å². The maximum absolute atomic E-state index is 12.8. The van der Waals surface area contributed by atoms with Gasteiger partial charge in [0.25, 0.3) is 0 Å². The number of aliphatic hydroxyl groups excluding tert-OH is 1. The van der Waals surface area contributed by atoms with Crippen molar-refractivity contribution in [3.63, 3.8) is 0 Å². The predicted octanol–water partition coefficient (Wildman–Crippen LogP) is 4.55. The van der Waals surface area contributed by atoms with E-state index >= 15 is 0 Å². The molecule has 0 aromatic heterocycles. The fourth-order valence-electron chi connectivity index (χ4n) is 3.36. The van der Waals surface area contributed by atoms with Gasteiger partial charge in [0.05, 0.1) is 12.2 Å². The van der Waals surface area contributed by atoms with E-state index in [2.05, 4.69) is 0 Å². The lowest BCUT2D eigenvalue weighted by molar-refractivity contribution is 0.0492. The molecular formula is C21H30O4. The third-order valence-electron chi connectivity index (χ3n) is 4.92. The van der Waals surface area contributed by atoms with Gasteiger partial charge < -0.3 is 9.84 Å². The molecule has 0 radical (unpaired) electrons. The number of carbonyl (C=O) groups excluding carboxylic acids is 2. The van der Waals surface area contributed by atoms with E-state index in [1.54, 1.807) is 24.3 Å². The number of ketones is 1. The van der Waals surface area contributed by atoms with Crippen LogP contribution in [0.25, 0.3) is 0 Å². The smallest absolute Gasteiger partial charge is 0.338 e. The first kappa shape index (κ1) is 19.6. The molecule has 0 saturated heterocycles. The molecule has 1 aromatic carbocycles. The molecule has 1 aromatic rings. The number of hydrogen-bond acceptors (Lipinski definition) is 4. The second-order valence-electron chi connectivity index (χ2n) is 6.90. The highest BCUT2D eigenvalue weighted by atomic mass is 16.5. The molecule has 138 valence electrons. The van der Waals surface area contributed by atoms with Crippen LogP contribution in [-0.4, -0.2) is 30.1 Å². The molecule has 0 spiro atoms. The molecule has 1 N–H and O–H groups in total. The van der Waals surface area contributed by atoms with Gasteiger partial charge in [-0.2, -0.15) is 0 Å². The molecule has 0 unspecified atom stereocenters. The van der Waals surface area contributed by atoms with Crippen LogP contribution in [0.15, 0.2) is 24.3 Å². The van der Waals surface area contributed by atoms with E-state index in [0.717, 1.165) is 25.7 Å². The van der Waals surface area contributed by atoms with E-state index in [-0.39, 0.29) is 24.3 Å². The van der Waals surface area contributed by atoms with E-state index < -0.39 is 0 Å². The molecular weight excluding hydrogens is 316 g/mol. The van der Waals surface area contributed by atoms with E-state index in [1.165, 1.54) is 25.7 Å². The van der Waals surface area contributed by atoms with Crippen LogP contribution in [0.2, 0.25) is 0 Å². The maximum Gasteiger partial charge on any atom is 0.338 e. The SMILES string of the molecule is O=C(OCCCCO)c1ccc(C(=O)C2CCCCCCCC2)cc1. The lowest BCUT2D eigenvalue weighted by Crippen LogP contribution is -2.15. The van der Waals surface area contributed by atoms with Crippen molar-refractivity contribution in [2.24, 2.45) is 5.92 Å². The number of esters is 1. The van der Waals surface area contributed by atoms with Gasteiger partial charge >= 0.3 is 5.97 Å². The van der Waals surface area contributed by atoms with Crippen molar-refractivity contribution in [3.8, 4) is 0 Å². The quantitative estimate of drug-likeness (QED) is 0.447. The van der Waals surface area contributed by atoms with Crippen LogP contribution in [0, 0.1) is 5.92 Å². The average molecular weight is 346 g/mol. The molecule has 0 bridgehead atoms. The molecule has 0 aliphatic heterocycles. The molecule has 0 amide bonds. The number of Topliss-reactive ketones (excluding diaryl/α,β-unsaturated/α-hetero) is 1. The molecule has 1 aliphatic rings. The molecule has 1 saturated carbocycles. The first-order valence-corrected chi connectivity index (χ1v) is 9.64. The van der Waals surface area contributed by atoms with Gasteiger partial charge in [-0.3, -0.25) is 4.79 Å². The summed E-state index contributed by atoms with van der Waals surface area (Å²) in [6, 6.07) is 6.85. The van der Waals surface area contributed by atoms with E-state index in [0.29, 0.717) is 30.6 Å². The minimum absolute atomic E-state index is 0.107. The van der Waals surface area contributed by atoms with Crippen molar-refractivity contribution in [2.75, 3.05) is 13.2 Å². The lowest BCUT2D eigenvalue weighted by Gasteiger charge is -2.15. The molecule has 4 heteroatoms. The van der Waals surface area contributed by atoms with Gasteiger partial charge in [-0.15, -0.1) is 0 Å². The monoisotopic (exact) mass is 346 g/mol. The minimum atomic E-state index is -0.376. The molecule has 4 nitrogen and oxygen atoms in total. The van der Waals surface area contributed by atoms with Crippen molar-refractivity contribution in [2.45, 2.75) is 64.2 Å². The Kier molecular flexibility index (Phi) is 8.67. The van der Waals surface area contributed by atoms with E-state index in [4.69, 9.17) is 9.84 Å². The van der Waals surface area contributed by atoms with Crippen LogP contribution in [0.3, 0.4) is 0 Å². The third-order valence-corrected chi connectivity index (χ3v) is 4.92. The lowest BCUT2D eigenvalue weighted by atomic mass is 9.89. The topological polar surface area (TPSA) is 63.6 Å². The minimum Gasteiger partial charge on any atom is -0.462 e. The van der Waals surface area contributed by atoms with Gasteiger partial charge in [-0.1, -0.05) is 50.7 Å². The molecule has 1 aliphatic carbocycles. The van der Waals surface area contributed by atoms with E-state index in [1.807, 2.05) is 0 Å². The summed E-state index contributed by atoms with van der Waals surface area (Å²) >= 11 is 0. The summed E-state index contributed by atoms with van der Waals surface area (Å²) in [5.74, 6) is -0.0430. The van der Waals surface area contributed by atoms with Gasteiger partial charge in [0.2, 0.25) is 0 Å². The predicted molar refractivity (Wildman–Crippen MR) is 97.8 cm³/mol. The zero-order chi connectivity index (χ0) is 17.9. The van der Waals surface area contributed by atoms with Crippen LogP contribution in [-0.2, 0) is 4.74 Å². The number of benzene rings is 1. The Morgan fingerprint density at radius 3 is 2.04 bits per heavy atom. The Morgan fingerprint density at radius 2 is 1.44 bits per heavy atom. The summed E-state index contributed by atoms with van der Waals surface area (Å²) < 4.78 is 5.16. The Morgan fingerprint density at radius 1 is 0.880 bits per heavy atom. The summed E-state index contributed by atoms with van der Waals surface area (Å²) in [5, 5.41) is 8.71. The van der Waals surface area contributed by atoms with Crippen LogP contribution >= 0.6 is 0 Å². The largest absolute Gasteiger partial charge is 0.462 e. The van der Waals surface area contributed by atoms with Gasteiger partial charge in [0.15, 0.2) is 5.78 Å². The molecule has 2 rings (SSSR count). The Hall–Kier alpha value is -1.68. The fourth-order valence-corrected chi connectivity index (χ4v) is 3.36. The van der Waals surface area contributed by atoms with Gasteiger partial charge in [-0.05, 0) is 37.8 Å². The fraction of sp³-hybridized carbons (Fsp3) is 0.619. The molecule has 0 heterocycles. The van der Waals surface area contributed by atoms with Crippen LogP contribution in [0.4, 0.5) is 0 Å². The highest BCUT2D eigenvalue weighted by Crippen LogP contribution is 2.25. The molecule has 0 atom stereocenters. The van der Waals surface area contributed by atoms with Crippen LogP contribution in [0.1, 0.15) is 84.9 Å². The standard InChI is InChI=1S/C21H30O4/c22-15-7-8-16-25-21(24)19-13-11-18(12-14-19)20(23)17-9-5-3-1-2-4-6-10-17/h11-14,17,22H,1-10,15-16H2. The van der Waals surface area contributed by atoms with Crippen LogP contribution < -0.4 is 0 Å². The van der Waals surface area contributed by atoms with Gasteiger partial charge in [-0.25, -0.2) is 4.79 Å². The van der Waals surface area contributed by atoms with E-state index in [9.17, 15) is 9.59 Å². The highest BCUT2D eigenvalue weighted by molar-refractivity contribution is 5.99. The van der Waals surface area contributed by atoms with Crippen molar-refractivity contribution in [3.05, 3.63) is 35.4 Å². The van der Waals surface area contributed by atoms with Gasteiger partial charge in [0.1, 0.15) is 0 Å². The van der Waals surface area contributed by atoms with Crippen molar-refractivity contribution < 1.29 is 19.4 Å². The zero-order valence-corrected chi connectivity index (χ0v) is 15.0. The summed E-state index contributed by atoms with van der Waals surface area (Å²) in [4.78, 5) is 24.7. The summed E-state index contributed by atoms with van der Waals surface area (Å²) in [6.07, 6.45) is 10.5. The normalized spacial score (nSPS) is 16.5. The first-order chi connectivity index (χ1) is 12.2. The zero-order valence-electron chi connectivity index (χ0n) is 15.0. The maximum atomic E-state index is 12.8. The number of carbonyl (C=O) groups is 2. The number of hydrogen-bond donors (Lipinski definition) is 1. The third kappa shape index (κ3) is 6.62. The number of rotatable bonds is 7. The van der Waals surface area contributed by atoms with Crippen molar-refractivity contribution in [1.29, 1.82) is 0 Å². The summed E-state index contributed by atoms with van der Waals surface area (Å²) in [6.45, 7) is 0.414. The second-order valence-corrected chi connectivity index (χ2v) is 6.90. The number of unbranched alkanes of at least 4 members (excludes halogenated alkanes) is 1. The Balaban J connectivity index is 1.91. The Bertz CT molecular complexity index is 525.